The average Bonchev–Trinajstić information content (AvgIpc) is 2.37. The molecule has 1 fully saturated rings. The normalized spacial score (nSPS) is 22.5. The van der Waals surface area contributed by atoms with Gasteiger partial charge in [-0.3, -0.25) is 4.79 Å². The number of ether oxygens (including phenoxy) is 1. The van der Waals surface area contributed by atoms with Crippen LogP contribution in [-0.2, 0) is 9.53 Å². The molecule has 4 heteroatoms. The number of likely N-dealkylation sites (tertiary alicyclic amines) is 1. The Bertz CT molecular complexity index is 223. The molecule has 1 amide bonds. The minimum absolute atomic E-state index is 0.0287. The van der Waals surface area contributed by atoms with Gasteiger partial charge in [-0.25, -0.2) is 0 Å². The topological polar surface area (TPSA) is 55.6 Å². The van der Waals surface area contributed by atoms with E-state index in [1.807, 2.05) is 25.7 Å². The average molecular weight is 214 g/mol. The second-order valence-corrected chi connectivity index (χ2v) is 5.12. The zero-order valence-electron chi connectivity index (χ0n) is 9.95. The third kappa shape index (κ3) is 4.62. The van der Waals surface area contributed by atoms with E-state index in [-0.39, 0.29) is 17.6 Å². The molecule has 88 valence electrons. The Morgan fingerprint density at radius 2 is 2.20 bits per heavy atom. The Morgan fingerprint density at radius 3 is 2.67 bits per heavy atom. The van der Waals surface area contributed by atoms with Gasteiger partial charge in [0.15, 0.2) is 0 Å². The second kappa shape index (κ2) is 4.94. The lowest BCUT2D eigenvalue weighted by Crippen LogP contribution is -2.30. The monoisotopic (exact) mass is 214 g/mol. The van der Waals surface area contributed by atoms with Gasteiger partial charge in [-0.15, -0.1) is 0 Å². The number of carbonyl (C=O) groups is 1. The van der Waals surface area contributed by atoms with Crippen LogP contribution in [0.15, 0.2) is 0 Å². The molecule has 0 aromatic heterocycles. The largest absolute Gasteiger partial charge is 0.376 e. The number of rotatable bonds is 4. The quantitative estimate of drug-likeness (QED) is 0.703. The summed E-state index contributed by atoms with van der Waals surface area (Å²) in [6.07, 6.45) is 1.38. The van der Waals surface area contributed by atoms with Crippen molar-refractivity contribution in [1.82, 2.24) is 4.90 Å². The van der Waals surface area contributed by atoms with Gasteiger partial charge >= 0.3 is 0 Å². The highest BCUT2D eigenvalue weighted by atomic mass is 16.5. The van der Waals surface area contributed by atoms with Gasteiger partial charge in [0, 0.05) is 32.2 Å². The molecule has 0 bridgehead atoms. The van der Waals surface area contributed by atoms with Gasteiger partial charge < -0.3 is 15.4 Å². The number of nitrogens with two attached hydrogens (primary N) is 1. The van der Waals surface area contributed by atoms with Gasteiger partial charge in [-0.2, -0.15) is 0 Å². The molecule has 0 spiro atoms. The van der Waals surface area contributed by atoms with Crippen LogP contribution in [0.25, 0.3) is 0 Å². The van der Waals surface area contributed by atoms with Crippen LogP contribution in [0.4, 0.5) is 0 Å². The summed E-state index contributed by atoms with van der Waals surface area (Å²) in [7, 11) is 0. The van der Waals surface area contributed by atoms with Gasteiger partial charge in [-0.05, 0) is 27.2 Å². The Hall–Kier alpha value is -0.610. The number of carbonyl (C=O) groups excluding carboxylic acids is 1. The maximum atomic E-state index is 11.4. The molecule has 0 aliphatic carbocycles. The van der Waals surface area contributed by atoms with Crippen LogP contribution in [0.3, 0.4) is 0 Å². The molecule has 15 heavy (non-hydrogen) atoms. The van der Waals surface area contributed by atoms with Gasteiger partial charge in [-0.1, -0.05) is 0 Å². The van der Waals surface area contributed by atoms with Crippen LogP contribution < -0.4 is 5.73 Å². The smallest absolute Gasteiger partial charge is 0.224 e. The SMILES string of the molecule is CC(C)(C)OCCCN1CC(N)CC1=O. The zero-order valence-corrected chi connectivity index (χ0v) is 9.95. The predicted molar refractivity (Wildman–Crippen MR) is 59.5 cm³/mol. The van der Waals surface area contributed by atoms with Crippen molar-refractivity contribution in [2.24, 2.45) is 5.73 Å². The molecule has 0 aromatic rings. The van der Waals surface area contributed by atoms with Gasteiger partial charge in [0.2, 0.25) is 5.91 Å². The molecule has 1 saturated heterocycles. The highest BCUT2D eigenvalue weighted by Gasteiger charge is 2.26. The van der Waals surface area contributed by atoms with Gasteiger partial charge in [0.1, 0.15) is 0 Å². The number of amides is 1. The highest BCUT2D eigenvalue weighted by molar-refractivity contribution is 5.79. The molecule has 1 heterocycles. The summed E-state index contributed by atoms with van der Waals surface area (Å²) in [6.45, 7) is 8.26. The van der Waals surface area contributed by atoms with E-state index in [9.17, 15) is 4.79 Å². The van der Waals surface area contributed by atoms with Crippen molar-refractivity contribution >= 4 is 5.91 Å². The van der Waals surface area contributed by atoms with E-state index in [4.69, 9.17) is 10.5 Å². The van der Waals surface area contributed by atoms with Crippen molar-refractivity contribution in [3.8, 4) is 0 Å². The maximum absolute atomic E-state index is 11.4. The zero-order chi connectivity index (χ0) is 11.5. The summed E-state index contributed by atoms with van der Waals surface area (Å²) in [5, 5.41) is 0. The number of hydrogen-bond acceptors (Lipinski definition) is 3. The first-order valence-electron chi connectivity index (χ1n) is 5.56. The summed E-state index contributed by atoms with van der Waals surface area (Å²) in [6, 6.07) is 0.0287. The number of hydrogen-bond donors (Lipinski definition) is 1. The van der Waals surface area contributed by atoms with Gasteiger partial charge in [0.25, 0.3) is 0 Å². The summed E-state index contributed by atoms with van der Waals surface area (Å²) >= 11 is 0. The van der Waals surface area contributed by atoms with Crippen molar-refractivity contribution in [2.75, 3.05) is 19.7 Å². The lowest BCUT2D eigenvalue weighted by Gasteiger charge is -2.21. The molecule has 1 aliphatic heterocycles. The third-order valence-electron chi connectivity index (χ3n) is 2.35. The molecule has 0 aromatic carbocycles. The lowest BCUT2D eigenvalue weighted by atomic mass is 10.2. The van der Waals surface area contributed by atoms with Crippen LogP contribution in [0, 0.1) is 0 Å². The maximum Gasteiger partial charge on any atom is 0.224 e. The first-order valence-corrected chi connectivity index (χ1v) is 5.56. The molecule has 1 rings (SSSR count). The van der Waals surface area contributed by atoms with E-state index in [0.29, 0.717) is 19.6 Å². The van der Waals surface area contributed by atoms with E-state index < -0.39 is 0 Å². The fraction of sp³-hybridized carbons (Fsp3) is 0.909. The van der Waals surface area contributed by atoms with Crippen LogP contribution in [0.1, 0.15) is 33.6 Å². The fourth-order valence-electron chi connectivity index (χ4n) is 1.65. The second-order valence-electron chi connectivity index (χ2n) is 5.12. The summed E-state index contributed by atoms with van der Waals surface area (Å²) < 4.78 is 5.58. The van der Waals surface area contributed by atoms with E-state index in [1.54, 1.807) is 0 Å². The van der Waals surface area contributed by atoms with Crippen molar-refractivity contribution in [2.45, 2.75) is 45.3 Å². The van der Waals surface area contributed by atoms with Crippen molar-refractivity contribution in [3.63, 3.8) is 0 Å². The molecule has 0 radical (unpaired) electrons. The first kappa shape index (κ1) is 12.5. The highest BCUT2D eigenvalue weighted by Crippen LogP contribution is 2.11. The molecular formula is C11H22N2O2. The molecule has 4 nitrogen and oxygen atoms in total. The van der Waals surface area contributed by atoms with E-state index in [0.717, 1.165) is 13.0 Å². The third-order valence-corrected chi connectivity index (χ3v) is 2.35. The van der Waals surface area contributed by atoms with E-state index in [2.05, 4.69) is 0 Å². The van der Waals surface area contributed by atoms with E-state index >= 15 is 0 Å². The molecular weight excluding hydrogens is 192 g/mol. The van der Waals surface area contributed by atoms with Crippen LogP contribution in [0.2, 0.25) is 0 Å². The van der Waals surface area contributed by atoms with Crippen molar-refractivity contribution in [3.05, 3.63) is 0 Å². The standard InChI is InChI=1S/C11H22N2O2/c1-11(2,3)15-6-4-5-13-8-9(12)7-10(13)14/h9H,4-8,12H2,1-3H3. The Kier molecular flexibility index (Phi) is 4.11. The van der Waals surface area contributed by atoms with Crippen molar-refractivity contribution in [1.29, 1.82) is 0 Å². The number of nitrogens with zero attached hydrogens (tertiary/aromatic N) is 1. The molecule has 1 unspecified atom stereocenters. The summed E-state index contributed by atoms with van der Waals surface area (Å²) in [4.78, 5) is 13.2. The minimum Gasteiger partial charge on any atom is -0.376 e. The minimum atomic E-state index is -0.0918. The van der Waals surface area contributed by atoms with E-state index in [1.165, 1.54) is 0 Å². The van der Waals surface area contributed by atoms with Crippen molar-refractivity contribution < 1.29 is 9.53 Å². The molecule has 1 aliphatic rings. The lowest BCUT2D eigenvalue weighted by molar-refractivity contribution is -0.127. The molecule has 0 saturated carbocycles. The Morgan fingerprint density at radius 1 is 1.53 bits per heavy atom. The molecule has 2 N–H and O–H groups in total. The van der Waals surface area contributed by atoms with Crippen LogP contribution in [0.5, 0.6) is 0 Å². The first-order chi connectivity index (χ1) is 6.88. The molecule has 1 atom stereocenters. The summed E-state index contributed by atoms with van der Waals surface area (Å²) in [5.74, 6) is 0.179. The Balaban J connectivity index is 2.13. The summed E-state index contributed by atoms with van der Waals surface area (Å²) in [5.41, 5.74) is 5.60. The van der Waals surface area contributed by atoms with Gasteiger partial charge in [0.05, 0.1) is 5.60 Å². The predicted octanol–water partition coefficient (Wildman–Crippen LogP) is 0.751. The van der Waals surface area contributed by atoms with Crippen LogP contribution in [-0.4, -0.2) is 42.1 Å². The fourth-order valence-corrected chi connectivity index (χ4v) is 1.65. The van der Waals surface area contributed by atoms with Crippen LogP contribution >= 0.6 is 0 Å². The Labute approximate surface area is 91.8 Å².